The standard InChI is InChI=1S/C32H32F6O2/c1-3-5-6-7-20-8-9-21(28(34)27(20)33)18-40-22-12-10-19(11-13-22)23-14-15-24(30(36)29(23)35)25-16-17-26(39-4-2)32(38)31(25)37/h3,5,8-9,14-17,19,22H,4,6-7,10-13,18H2,1-2H3. The molecule has 0 N–H and O–H groups in total. The molecule has 1 aliphatic rings. The van der Waals surface area contributed by atoms with Gasteiger partial charge in [-0.3, -0.25) is 0 Å². The Kier molecular flexibility index (Phi) is 9.95. The second-order valence-electron chi connectivity index (χ2n) is 9.91. The molecule has 3 aromatic rings. The molecular formula is C32H32F6O2. The van der Waals surface area contributed by atoms with Crippen LogP contribution >= 0.6 is 0 Å². The number of aryl methyl sites for hydroxylation is 1. The first-order valence-electron chi connectivity index (χ1n) is 13.5. The highest BCUT2D eigenvalue weighted by molar-refractivity contribution is 5.66. The van der Waals surface area contributed by atoms with Crippen molar-refractivity contribution in [3.63, 3.8) is 0 Å². The monoisotopic (exact) mass is 562 g/mol. The summed E-state index contributed by atoms with van der Waals surface area (Å²) in [5, 5.41) is 0. The summed E-state index contributed by atoms with van der Waals surface area (Å²) in [6.45, 7) is 3.52. The van der Waals surface area contributed by atoms with Gasteiger partial charge in [-0.1, -0.05) is 36.4 Å². The lowest BCUT2D eigenvalue weighted by atomic mass is 9.82. The van der Waals surface area contributed by atoms with Gasteiger partial charge < -0.3 is 9.47 Å². The smallest absolute Gasteiger partial charge is 0.201 e. The molecule has 1 saturated carbocycles. The number of benzene rings is 3. The first kappa shape index (κ1) is 29.7. The molecule has 0 saturated heterocycles. The average Bonchev–Trinajstić information content (AvgIpc) is 2.96. The van der Waals surface area contributed by atoms with Crippen molar-refractivity contribution < 1.29 is 35.8 Å². The van der Waals surface area contributed by atoms with Gasteiger partial charge in [0, 0.05) is 16.7 Å². The second-order valence-corrected chi connectivity index (χ2v) is 9.91. The summed E-state index contributed by atoms with van der Waals surface area (Å²) in [5.41, 5.74) is -0.157. The molecule has 0 aromatic heterocycles. The molecular weight excluding hydrogens is 530 g/mol. The van der Waals surface area contributed by atoms with Crippen LogP contribution in [0.25, 0.3) is 11.1 Å². The zero-order chi connectivity index (χ0) is 28.8. The number of hydrogen-bond acceptors (Lipinski definition) is 2. The van der Waals surface area contributed by atoms with Crippen LogP contribution in [-0.4, -0.2) is 12.7 Å². The summed E-state index contributed by atoms with van der Waals surface area (Å²) in [6.07, 6.45) is 6.58. The van der Waals surface area contributed by atoms with Crippen LogP contribution in [0.15, 0.2) is 48.6 Å². The lowest BCUT2D eigenvalue weighted by Gasteiger charge is -2.29. The zero-order valence-electron chi connectivity index (χ0n) is 22.5. The molecule has 0 amide bonds. The minimum Gasteiger partial charge on any atom is -0.491 e. The Morgan fingerprint density at radius 2 is 1.35 bits per heavy atom. The Labute approximate surface area is 230 Å². The minimum atomic E-state index is -1.31. The maximum Gasteiger partial charge on any atom is 0.201 e. The summed E-state index contributed by atoms with van der Waals surface area (Å²) in [6, 6.07) is 8.12. The lowest BCUT2D eigenvalue weighted by molar-refractivity contribution is 0.0116. The third-order valence-electron chi connectivity index (χ3n) is 7.40. The largest absolute Gasteiger partial charge is 0.491 e. The molecule has 1 fully saturated rings. The predicted octanol–water partition coefficient (Wildman–Crippen LogP) is 9.34. The molecule has 40 heavy (non-hydrogen) atoms. The Morgan fingerprint density at radius 1 is 0.725 bits per heavy atom. The van der Waals surface area contributed by atoms with E-state index in [1.54, 1.807) is 13.0 Å². The molecule has 3 aromatic carbocycles. The van der Waals surface area contributed by atoms with Gasteiger partial charge in [-0.05, 0) is 81.5 Å². The van der Waals surface area contributed by atoms with Crippen LogP contribution in [0.5, 0.6) is 5.75 Å². The number of ether oxygens (including phenoxy) is 2. The van der Waals surface area contributed by atoms with Crippen molar-refractivity contribution in [1.82, 2.24) is 0 Å². The van der Waals surface area contributed by atoms with Crippen molar-refractivity contribution in [3.05, 3.63) is 100 Å². The molecule has 4 rings (SSSR count). The maximum atomic E-state index is 15.1. The number of rotatable bonds is 10. The number of allylic oxidation sites excluding steroid dienone is 2. The van der Waals surface area contributed by atoms with Crippen LogP contribution in [-0.2, 0) is 17.8 Å². The van der Waals surface area contributed by atoms with Crippen molar-refractivity contribution in [2.45, 2.75) is 71.0 Å². The van der Waals surface area contributed by atoms with E-state index >= 15 is 8.78 Å². The first-order chi connectivity index (χ1) is 19.3. The number of hydrogen-bond donors (Lipinski definition) is 0. The molecule has 0 bridgehead atoms. The van der Waals surface area contributed by atoms with E-state index in [2.05, 4.69) is 0 Å². The third-order valence-corrected chi connectivity index (χ3v) is 7.40. The summed E-state index contributed by atoms with van der Waals surface area (Å²) in [4.78, 5) is 0. The molecule has 8 heteroatoms. The van der Waals surface area contributed by atoms with Crippen molar-refractivity contribution in [3.8, 4) is 16.9 Å². The molecule has 0 heterocycles. The van der Waals surface area contributed by atoms with Crippen molar-refractivity contribution >= 4 is 0 Å². The Balaban J connectivity index is 1.38. The quantitative estimate of drug-likeness (QED) is 0.181. The Morgan fingerprint density at radius 3 is 2.02 bits per heavy atom. The van der Waals surface area contributed by atoms with Gasteiger partial charge in [-0.25, -0.2) is 22.0 Å². The van der Waals surface area contributed by atoms with Crippen molar-refractivity contribution in [2.24, 2.45) is 0 Å². The molecule has 2 nitrogen and oxygen atoms in total. The van der Waals surface area contributed by atoms with Crippen molar-refractivity contribution in [1.29, 1.82) is 0 Å². The van der Waals surface area contributed by atoms with Gasteiger partial charge in [0.25, 0.3) is 0 Å². The van der Waals surface area contributed by atoms with Crippen molar-refractivity contribution in [2.75, 3.05) is 6.61 Å². The third kappa shape index (κ3) is 6.38. The highest BCUT2D eigenvalue weighted by Crippen LogP contribution is 2.39. The van der Waals surface area contributed by atoms with E-state index in [4.69, 9.17) is 9.47 Å². The fourth-order valence-corrected chi connectivity index (χ4v) is 5.18. The summed E-state index contributed by atoms with van der Waals surface area (Å²) in [7, 11) is 0. The van der Waals surface area contributed by atoms with Gasteiger partial charge in [0.15, 0.2) is 34.8 Å². The summed E-state index contributed by atoms with van der Waals surface area (Å²) in [5.74, 6) is -7.27. The van der Waals surface area contributed by atoms with E-state index in [1.165, 1.54) is 24.3 Å². The normalized spacial score (nSPS) is 17.5. The molecule has 0 spiro atoms. The Hall–Kier alpha value is -3.26. The van der Waals surface area contributed by atoms with Gasteiger partial charge in [-0.2, -0.15) is 4.39 Å². The highest BCUT2D eigenvalue weighted by atomic mass is 19.2. The SMILES string of the molecule is CC=CCCc1ccc(COC2CCC(c3ccc(-c4ccc(OCC)c(F)c4F)c(F)c3F)CC2)c(F)c1F. The molecule has 1 aliphatic carbocycles. The topological polar surface area (TPSA) is 18.5 Å². The van der Waals surface area contributed by atoms with Crippen LogP contribution in [0.3, 0.4) is 0 Å². The van der Waals surface area contributed by atoms with E-state index in [0.29, 0.717) is 44.1 Å². The van der Waals surface area contributed by atoms with Crippen LogP contribution in [0.1, 0.15) is 68.6 Å². The van der Waals surface area contributed by atoms with Gasteiger partial charge in [0.2, 0.25) is 5.82 Å². The Bertz CT molecular complexity index is 1360. The van der Waals surface area contributed by atoms with Gasteiger partial charge >= 0.3 is 0 Å². The number of halogens is 6. The van der Waals surface area contributed by atoms with E-state index in [0.717, 1.165) is 6.07 Å². The lowest BCUT2D eigenvalue weighted by Crippen LogP contribution is -2.22. The minimum absolute atomic E-state index is 0.0882. The van der Waals surface area contributed by atoms with Gasteiger partial charge in [0.05, 0.1) is 19.3 Å². The zero-order valence-corrected chi connectivity index (χ0v) is 22.5. The van der Waals surface area contributed by atoms with Crippen LogP contribution in [0, 0.1) is 34.9 Å². The maximum absolute atomic E-state index is 15.1. The van der Waals surface area contributed by atoms with E-state index < -0.39 is 40.5 Å². The fourth-order valence-electron chi connectivity index (χ4n) is 5.18. The first-order valence-corrected chi connectivity index (χ1v) is 13.5. The van der Waals surface area contributed by atoms with E-state index in [9.17, 15) is 17.6 Å². The average molecular weight is 563 g/mol. The summed E-state index contributed by atoms with van der Waals surface area (Å²) < 4.78 is 98.9. The highest BCUT2D eigenvalue weighted by Gasteiger charge is 2.28. The molecule has 0 radical (unpaired) electrons. The van der Waals surface area contributed by atoms with E-state index in [-0.39, 0.29) is 47.7 Å². The van der Waals surface area contributed by atoms with Crippen LogP contribution in [0.2, 0.25) is 0 Å². The second kappa shape index (κ2) is 13.4. The van der Waals surface area contributed by atoms with E-state index in [1.807, 2.05) is 19.1 Å². The predicted molar refractivity (Wildman–Crippen MR) is 142 cm³/mol. The van der Waals surface area contributed by atoms with Crippen LogP contribution in [0.4, 0.5) is 26.3 Å². The van der Waals surface area contributed by atoms with Crippen LogP contribution < -0.4 is 4.74 Å². The van der Waals surface area contributed by atoms with Gasteiger partial charge in [0.1, 0.15) is 0 Å². The van der Waals surface area contributed by atoms with Gasteiger partial charge in [-0.15, -0.1) is 0 Å². The fraction of sp³-hybridized carbons (Fsp3) is 0.375. The molecule has 214 valence electrons. The summed E-state index contributed by atoms with van der Waals surface area (Å²) >= 11 is 0. The molecule has 0 atom stereocenters. The molecule has 0 unspecified atom stereocenters. The molecule has 0 aliphatic heterocycles.